The Labute approximate surface area is 151 Å². The summed E-state index contributed by atoms with van der Waals surface area (Å²) >= 11 is 0. The SMILES string of the molecule is C/C(=N\OCc1ccc(S(C)(=O)=O)cc1)c1cccc(OCC(=O)O)c1. The summed E-state index contributed by atoms with van der Waals surface area (Å²) in [6.45, 7) is 1.53. The molecule has 8 heteroatoms. The van der Waals surface area contributed by atoms with Gasteiger partial charge in [0.15, 0.2) is 16.4 Å². The highest BCUT2D eigenvalue weighted by Crippen LogP contribution is 2.15. The zero-order chi connectivity index (χ0) is 19.2. The first kappa shape index (κ1) is 19.5. The van der Waals surface area contributed by atoms with Crippen molar-refractivity contribution in [2.75, 3.05) is 12.9 Å². The predicted molar refractivity (Wildman–Crippen MR) is 96.1 cm³/mol. The third-order valence-electron chi connectivity index (χ3n) is 3.40. The number of oxime groups is 1. The summed E-state index contributed by atoms with van der Waals surface area (Å²) in [5, 5.41) is 12.7. The van der Waals surface area contributed by atoms with E-state index in [1.807, 2.05) is 0 Å². The molecule has 26 heavy (non-hydrogen) atoms. The van der Waals surface area contributed by atoms with Crippen molar-refractivity contribution in [3.05, 3.63) is 59.7 Å². The topological polar surface area (TPSA) is 102 Å². The van der Waals surface area contributed by atoms with E-state index < -0.39 is 22.4 Å². The van der Waals surface area contributed by atoms with E-state index in [9.17, 15) is 13.2 Å². The van der Waals surface area contributed by atoms with Crippen molar-refractivity contribution in [3.63, 3.8) is 0 Å². The maximum absolute atomic E-state index is 11.4. The first-order valence-electron chi connectivity index (χ1n) is 7.66. The van der Waals surface area contributed by atoms with Crippen molar-refractivity contribution in [1.82, 2.24) is 0 Å². The van der Waals surface area contributed by atoms with Crippen LogP contribution in [-0.2, 0) is 26.1 Å². The van der Waals surface area contributed by atoms with Crippen LogP contribution in [0.5, 0.6) is 5.75 Å². The van der Waals surface area contributed by atoms with Gasteiger partial charge in [-0.25, -0.2) is 13.2 Å². The number of carboxylic acid groups (broad SMARTS) is 1. The van der Waals surface area contributed by atoms with Crippen LogP contribution in [0.15, 0.2) is 58.6 Å². The number of nitrogens with zero attached hydrogens (tertiary/aromatic N) is 1. The van der Waals surface area contributed by atoms with Crippen molar-refractivity contribution in [3.8, 4) is 5.75 Å². The fourth-order valence-electron chi connectivity index (χ4n) is 2.05. The molecule has 0 aliphatic heterocycles. The first-order valence-corrected chi connectivity index (χ1v) is 9.55. The minimum Gasteiger partial charge on any atom is -0.482 e. The highest BCUT2D eigenvalue weighted by atomic mass is 32.2. The Morgan fingerprint density at radius 1 is 1.15 bits per heavy atom. The molecule has 138 valence electrons. The van der Waals surface area contributed by atoms with Crippen molar-refractivity contribution in [2.45, 2.75) is 18.4 Å². The lowest BCUT2D eigenvalue weighted by atomic mass is 10.1. The average molecular weight is 377 g/mol. The van der Waals surface area contributed by atoms with Gasteiger partial charge in [-0.15, -0.1) is 0 Å². The van der Waals surface area contributed by atoms with Gasteiger partial charge in [0, 0.05) is 11.8 Å². The van der Waals surface area contributed by atoms with Crippen molar-refractivity contribution in [1.29, 1.82) is 0 Å². The molecule has 7 nitrogen and oxygen atoms in total. The monoisotopic (exact) mass is 377 g/mol. The van der Waals surface area contributed by atoms with Crippen LogP contribution in [-0.4, -0.2) is 38.1 Å². The Kier molecular flexibility index (Phi) is 6.35. The minimum absolute atomic E-state index is 0.191. The summed E-state index contributed by atoms with van der Waals surface area (Å²) in [6.07, 6.45) is 1.15. The molecule has 0 bridgehead atoms. The normalized spacial score (nSPS) is 11.8. The van der Waals surface area contributed by atoms with E-state index in [-0.39, 0.29) is 11.5 Å². The molecule has 0 aliphatic carbocycles. The van der Waals surface area contributed by atoms with Gasteiger partial charge >= 0.3 is 5.97 Å². The fourth-order valence-corrected chi connectivity index (χ4v) is 2.68. The molecular weight excluding hydrogens is 358 g/mol. The molecule has 2 rings (SSSR count). The average Bonchev–Trinajstić information content (AvgIpc) is 2.60. The third-order valence-corrected chi connectivity index (χ3v) is 4.53. The summed E-state index contributed by atoms with van der Waals surface area (Å²) in [5.41, 5.74) is 2.12. The summed E-state index contributed by atoms with van der Waals surface area (Å²) in [5.74, 6) is -0.623. The number of carboxylic acids is 1. The number of carbonyl (C=O) groups is 1. The van der Waals surface area contributed by atoms with Crippen molar-refractivity contribution in [2.24, 2.45) is 5.16 Å². The molecule has 0 fully saturated rings. The molecule has 0 spiro atoms. The van der Waals surface area contributed by atoms with Crippen LogP contribution in [0.1, 0.15) is 18.1 Å². The van der Waals surface area contributed by atoms with Crippen LogP contribution in [0.2, 0.25) is 0 Å². The van der Waals surface area contributed by atoms with Gasteiger partial charge in [0.2, 0.25) is 0 Å². The maximum atomic E-state index is 11.4. The second kappa shape index (κ2) is 8.48. The van der Waals surface area contributed by atoms with Crippen LogP contribution < -0.4 is 4.74 Å². The molecule has 0 saturated heterocycles. The Morgan fingerprint density at radius 3 is 2.46 bits per heavy atom. The molecule has 0 aromatic heterocycles. The number of benzene rings is 2. The number of ether oxygens (including phenoxy) is 1. The molecule has 0 unspecified atom stereocenters. The summed E-state index contributed by atoms with van der Waals surface area (Å²) in [7, 11) is -3.22. The Hall–Kier alpha value is -2.87. The molecule has 0 aliphatic rings. The van der Waals surface area contributed by atoms with Crippen molar-refractivity contribution < 1.29 is 27.9 Å². The van der Waals surface area contributed by atoms with Crippen molar-refractivity contribution >= 4 is 21.5 Å². The van der Waals surface area contributed by atoms with Crippen LogP contribution >= 0.6 is 0 Å². The first-order chi connectivity index (χ1) is 12.3. The van der Waals surface area contributed by atoms with Crippen LogP contribution in [0, 0.1) is 0 Å². The number of rotatable bonds is 8. The summed E-state index contributed by atoms with van der Waals surface area (Å²) < 4.78 is 28.0. The van der Waals surface area contributed by atoms with Gasteiger partial charge in [-0.05, 0) is 36.8 Å². The highest BCUT2D eigenvalue weighted by molar-refractivity contribution is 7.90. The van der Waals surface area contributed by atoms with E-state index in [4.69, 9.17) is 14.7 Å². The van der Waals surface area contributed by atoms with Crippen LogP contribution in [0.25, 0.3) is 0 Å². The van der Waals surface area contributed by atoms with E-state index in [1.54, 1.807) is 43.3 Å². The lowest BCUT2D eigenvalue weighted by molar-refractivity contribution is -0.139. The van der Waals surface area contributed by atoms with Gasteiger partial charge < -0.3 is 14.7 Å². The van der Waals surface area contributed by atoms with E-state index in [0.717, 1.165) is 17.4 Å². The maximum Gasteiger partial charge on any atom is 0.341 e. The Balaban J connectivity index is 1.97. The molecule has 0 heterocycles. The van der Waals surface area contributed by atoms with Gasteiger partial charge in [0.05, 0.1) is 10.6 Å². The lowest BCUT2D eigenvalue weighted by Gasteiger charge is -2.06. The van der Waals surface area contributed by atoms with E-state index >= 15 is 0 Å². The van der Waals surface area contributed by atoms with Crippen LogP contribution in [0.4, 0.5) is 0 Å². The second-order valence-electron chi connectivity index (χ2n) is 5.58. The smallest absolute Gasteiger partial charge is 0.341 e. The highest BCUT2D eigenvalue weighted by Gasteiger charge is 2.06. The minimum atomic E-state index is -3.22. The van der Waals surface area contributed by atoms with Gasteiger partial charge in [-0.2, -0.15) is 0 Å². The van der Waals surface area contributed by atoms with Gasteiger partial charge in [-0.3, -0.25) is 0 Å². The number of sulfone groups is 1. The molecule has 0 atom stereocenters. The molecule has 0 amide bonds. The Bertz CT molecular complexity index is 904. The summed E-state index contributed by atoms with van der Waals surface area (Å²) in [6, 6.07) is 13.2. The van der Waals surface area contributed by atoms with Gasteiger partial charge in [0.1, 0.15) is 12.4 Å². The van der Waals surface area contributed by atoms with Gasteiger partial charge in [-0.1, -0.05) is 29.4 Å². The molecule has 0 radical (unpaired) electrons. The Morgan fingerprint density at radius 2 is 1.85 bits per heavy atom. The van der Waals surface area contributed by atoms with E-state index in [1.165, 1.54) is 12.1 Å². The number of hydrogen-bond acceptors (Lipinski definition) is 6. The zero-order valence-electron chi connectivity index (χ0n) is 14.4. The third kappa shape index (κ3) is 5.89. The standard InChI is InChI=1S/C18H19NO6S/c1-13(15-4-3-5-16(10-15)24-12-18(20)21)19-25-11-14-6-8-17(9-7-14)26(2,22)23/h3-10H,11-12H2,1-2H3,(H,20,21)/b19-13+. The zero-order valence-corrected chi connectivity index (χ0v) is 15.2. The predicted octanol–water partition coefficient (Wildman–Crippen LogP) is 2.49. The van der Waals surface area contributed by atoms with Crippen LogP contribution in [0.3, 0.4) is 0 Å². The molecule has 2 aromatic rings. The van der Waals surface area contributed by atoms with Gasteiger partial charge in [0.25, 0.3) is 0 Å². The van der Waals surface area contributed by atoms with E-state index in [2.05, 4.69) is 5.16 Å². The fraction of sp³-hybridized carbons (Fsp3) is 0.222. The molecular formula is C18H19NO6S. The molecule has 0 saturated carbocycles. The number of hydrogen-bond donors (Lipinski definition) is 1. The second-order valence-corrected chi connectivity index (χ2v) is 7.59. The summed E-state index contributed by atoms with van der Waals surface area (Å²) in [4.78, 5) is 16.1. The molecule has 2 aromatic carbocycles. The quantitative estimate of drug-likeness (QED) is 0.560. The number of aliphatic carboxylic acids is 1. The van der Waals surface area contributed by atoms with E-state index in [0.29, 0.717) is 11.5 Å². The lowest BCUT2D eigenvalue weighted by Crippen LogP contribution is -2.09. The largest absolute Gasteiger partial charge is 0.482 e. The molecule has 1 N–H and O–H groups in total.